The van der Waals surface area contributed by atoms with Crippen molar-refractivity contribution < 1.29 is 14.3 Å². The fourth-order valence-electron chi connectivity index (χ4n) is 3.25. The lowest BCUT2D eigenvalue weighted by Crippen LogP contribution is -2.34. The predicted octanol–water partition coefficient (Wildman–Crippen LogP) is 4.08. The topological polar surface area (TPSA) is 62.4 Å². The minimum Gasteiger partial charge on any atom is -0.456 e. The van der Waals surface area contributed by atoms with Crippen LogP contribution in [0.2, 0.25) is 0 Å². The number of rotatable bonds is 9. The molecular weight excluding hydrogens is 352 g/mol. The number of nitrogens with zero attached hydrogens (tertiary/aromatic N) is 1. The summed E-state index contributed by atoms with van der Waals surface area (Å²) in [6, 6.07) is 17.9. The highest BCUT2D eigenvalue weighted by atomic mass is 16.5. The summed E-state index contributed by atoms with van der Waals surface area (Å²) in [6.07, 6.45) is 3.78. The van der Waals surface area contributed by atoms with Gasteiger partial charge in [0.25, 0.3) is 5.91 Å². The highest BCUT2D eigenvalue weighted by Gasteiger charge is 2.15. The molecule has 0 aliphatic carbocycles. The number of nitrogens with one attached hydrogen (secondary N) is 1. The molecule has 0 spiro atoms. The Morgan fingerprint density at radius 2 is 1.79 bits per heavy atom. The Morgan fingerprint density at radius 1 is 1.04 bits per heavy atom. The Kier molecular flexibility index (Phi) is 6.84. The summed E-state index contributed by atoms with van der Waals surface area (Å²) in [7, 11) is 0. The van der Waals surface area contributed by atoms with Gasteiger partial charge in [-0.05, 0) is 37.0 Å². The molecule has 3 rings (SSSR count). The number of aromatic nitrogens is 1. The fraction of sp³-hybridized carbons (Fsp3) is 0.304. The summed E-state index contributed by atoms with van der Waals surface area (Å²) < 4.78 is 5.19. The van der Waals surface area contributed by atoms with Crippen molar-refractivity contribution in [1.29, 1.82) is 0 Å². The molecule has 5 nitrogen and oxygen atoms in total. The van der Waals surface area contributed by atoms with Crippen LogP contribution in [0.25, 0.3) is 10.9 Å². The molecule has 0 radical (unpaired) electrons. The van der Waals surface area contributed by atoms with E-state index in [1.807, 2.05) is 61.7 Å². The number of H-pyrrole nitrogens is 1. The maximum Gasteiger partial charge on any atom is 0.306 e. The molecule has 0 saturated heterocycles. The van der Waals surface area contributed by atoms with Gasteiger partial charge in [-0.15, -0.1) is 0 Å². The SMILES string of the molecule is CCN(Cc1ccccc1)C(=O)COC(=O)CCCc1c[nH]c2ccccc12. The minimum absolute atomic E-state index is 0.170. The number of aromatic amines is 1. The summed E-state index contributed by atoms with van der Waals surface area (Å²) in [4.78, 5) is 29.3. The highest BCUT2D eigenvalue weighted by Crippen LogP contribution is 2.19. The minimum atomic E-state index is -0.330. The summed E-state index contributed by atoms with van der Waals surface area (Å²) >= 11 is 0. The van der Waals surface area contributed by atoms with Gasteiger partial charge in [-0.25, -0.2) is 0 Å². The molecule has 28 heavy (non-hydrogen) atoms. The van der Waals surface area contributed by atoms with Crippen LogP contribution in [0, 0.1) is 0 Å². The average Bonchev–Trinajstić information content (AvgIpc) is 3.14. The van der Waals surface area contributed by atoms with Crippen LogP contribution < -0.4 is 0 Å². The number of ether oxygens (including phenoxy) is 1. The first-order valence-electron chi connectivity index (χ1n) is 9.69. The van der Waals surface area contributed by atoms with E-state index in [0.717, 1.165) is 17.5 Å². The normalized spacial score (nSPS) is 10.8. The highest BCUT2D eigenvalue weighted by molar-refractivity contribution is 5.83. The number of esters is 1. The molecule has 2 aromatic carbocycles. The van der Waals surface area contributed by atoms with E-state index in [2.05, 4.69) is 11.1 Å². The summed E-state index contributed by atoms with van der Waals surface area (Å²) in [5.74, 6) is -0.500. The zero-order chi connectivity index (χ0) is 19.8. The van der Waals surface area contributed by atoms with Gasteiger partial charge < -0.3 is 14.6 Å². The summed E-state index contributed by atoms with van der Waals surface area (Å²) in [6.45, 7) is 2.82. The number of amides is 1. The van der Waals surface area contributed by atoms with Crippen molar-refractivity contribution in [2.24, 2.45) is 0 Å². The van der Waals surface area contributed by atoms with Crippen LogP contribution in [-0.2, 0) is 27.3 Å². The lowest BCUT2D eigenvalue weighted by Gasteiger charge is -2.20. The molecule has 1 N–H and O–H groups in total. The molecule has 0 unspecified atom stereocenters. The van der Waals surface area contributed by atoms with E-state index in [1.165, 1.54) is 10.9 Å². The number of carbonyl (C=O) groups is 2. The van der Waals surface area contributed by atoms with Gasteiger partial charge in [0.1, 0.15) is 0 Å². The second-order valence-electron chi connectivity index (χ2n) is 6.77. The van der Waals surface area contributed by atoms with E-state index in [1.54, 1.807) is 4.90 Å². The van der Waals surface area contributed by atoms with Crippen LogP contribution in [0.4, 0.5) is 0 Å². The van der Waals surface area contributed by atoms with E-state index in [9.17, 15) is 9.59 Å². The van der Waals surface area contributed by atoms with E-state index in [4.69, 9.17) is 4.74 Å². The standard InChI is InChI=1S/C23H26N2O3/c1-2-25(16-18-9-4-3-5-10-18)22(26)17-28-23(27)14-8-11-19-15-24-21-13-7-6-12-20(19)21/h3-7,9-10,12-13,15,24H,2,8,11,14,16-17H2,1H3. The first-order chi connectivity index (χ1) is 13.7. The number of fused-ring (bicyclic) bond motifs is 1. The van der Waals surface area contributed by atoms with Crippen molar-refractivity contribution in [3.63, 3.8) is 0 Å². The average molecular weight is 378 g/mol. The first-order valence-corrected chi connectivity index (χ1v) is 9.69. The molecule has 5 heteroatoms. The molecule has 0 aliphatic heterocycles. The first kappa shape index (κ1) is 19.7. The number of aryl methyl sites for hydroxylation is 1. The summed E-state index contributed by atoms with van der Waals surface area (Å²) in [5, 5.41) is 1.19. The predicted molar refractivity (Wildman–Crippen MR) is 110 cm³/mol. The number of hydrogen-bond donors (Lipinski definition) is 1. The number of carbonyl (C=O) groups excluding carboxylic acids is 2. The molecule has 0 fully saturated rings. The van der Waals surface area contributed by atoms with Crippen LogP contribution in [0.15, 0.2) is 60.8 Å². The molecule has 1 amide bonds. The zero-order valence-electron chi connectivity index (χ0n) is 16.2. The molecule has 146 valence electrons. The molecule has 0 atom stereocenters. The van der Waals surface area contributed by atoms with E-state index >= 15 is 0 Å². The van der Waals surface area contributed by atoms with Crippen LogP contribution in [0.5, 0.6) is 0 Å². The zero-order valence-corrected chi connectivity index (χ0v) is 16.2. The van der Waals surface area contributed by atoms with Gasteiger partial charge in [-0.3, -0.25) is 9.59 Å². The van der Waals surface area contributed by atoms with Gasteiger partial charge in [0.05, 0.1) is 0 Å². The largest absolute Gasteiger partial charge is 0.456 e. The Hall–Kier alpha value is -3.08. The Bertz CT molecular complexity index is 918. The van der Waals surface area contributed by atoms with Gasteiger partial charge in [0, 0.05) is 36.6 Å². The van der Waals surface area contributed by atoms with Crippen LogP contribution in [0.3, 0.4) is 0 Å². The number of benzene rings is 2. The monoisotopic (exact) mass is 378 g/mol. The van der Waals surface area contributed by atoms with Crippen molar-refractivity contribution >= 4 is 22.8 Å². The molecule has 0 aliphatic rings. The fourth-order valence-corrected chi connectivity index (χ4v) is 3.25. The Morgan fingerprint density at radius 3 is 2.57 bits per heavy atom. The third-order valence-electron chi connectivity index (χ3n) is 4.81. The van der Waals surface area contributed by atoms with Crippen molar-refractivity contribution in [2.75, 3.05) is 13.2 Å². The second-order valence-corrected chi connectivity index (χ2v) is 6.77. The maximum absolute atomic E-state index is 12.3. The van der Waals surface area contributed by atoms with Crippen molar-refractivity contribution in [3.8, 4) is 0 Å². The second kappa shape index (κ2) is 9.74. The smallest absolute Gasteiger partial charge is 0.306 e. The molecule has 3 aromatic rings. The van der Waals surface area contributed by atoms with Gasteiger partial charge in [-0.1, -0.05) is 48.5 Å². The van der Waals surface area contributed by atoms with Crippen LogP contribution in [0.1, 0.15) is 30.9 Å². The Labute approximate surface area is 165 Å². The summed E-state index contributed by atoms with van der Waals surface area (Å²) in [5.41, 5.74) is 3.35. The molecule has 0 bridgehead atoms. The lowest BCUT2D eigenvalue weighted by molar-refractivity contribution is -0.152. The molecule has 1 heterocycles. The van der Waals surface area contributed by atoms with Crippen LogP contribution >= 0.6 is 0 Å². The quantitative estimate of drug-likeness (QED) is 0.571. The van der Waals surface area contributed by atoms with Crippen molar-refractivity contribution in [1.82, 2.24) is 9.88 Å². The van der Waals surface area contributed by atoms with Gasteiger partial charge in [0.2, 0.25) is 0 Å². The lowest BCUT2D eigenvalue weighted by atomic mass is 10.1. The molecule has 0 saturated carbocycles. The maximum atomic E-state index is 12.3. The number of para-hydroxylation sites is 1. The number of hydrogen-bond acceptors (Lipinski definition) is 3. The van der Waals surface area contributed by atoms with Gasteiger partial charge in [-0.2, -0.15) is 0 Å². The van der Waals surface area contributed by atoms with E-state index < -0.39 is 0 Å². The Balaban J connectivity index is 1.41. The number of likely N-dealkylation sites (N-methyl/N-ethyl adjacent to an activating group) is 1. The third-order valence-corrected chi connectivity index (χ3v) is 4.81. The molecular formula is C23H26N2O3. The third kappa shape index (κ3) is 5.22. The van der Waals surface area contributed by atoms with Crippen LogP contribution in [-0.4, -0.2) is 34.9 Å². The van der Waals surface area contributed by atoms with Gasteiger partial charge in [0.15, 0.2) is 6.61 Å². The van der Waals surface area contributed by atoms with E-state index in [-0.39, 0.29) is 18.5 Å². The van der Waals surface area contributed by atoms with E-state index in [0.29, 0.717) is 25.9 Å². The van der Waals surface area contributed by atoms with Crippen molar-refractivity contribution in [3.05, 3.63) is 71.9 Å². The van der Waals surface area contributed by atoms with Crippen molar-refractivity contribution in [2.45, 2.75) is 32.7 Å². The molecule has 1 aromatic heterocycles. The van der Waals surface area contributed by atoms with Gasteiger partial charge >= 0.3 is 5.97 Å².